The van der Waals surface area contributed by atoms with Gasteiger partial charge in [0.1, 0.15) is 11.5 Å². The molecule has 0 radical (unpaired) electrons. The molecule has 6 nitrogen and oxygen atoms in total. The maximum absolute atomic E-state index is 12.7. The molecule has 0 spiro atoms. The van der Waals surface area contributed by atoms with Gasteiger partial charge in [0, 0.05) is 24.7 Å². The Bertz CT molecular complexity index is 1190. The number of ether oxygens (including phenoxy) is 1. The SMILES string of the molecule is Cc1cccc(Oc2ccc(NC(=O)C3CCN(S(=O)(=O)Cc4ccccc4)CC3)cc2)c1. The highest BCUT2D eigenvalue weighted by Crippen LogP contribution is 2.26. The van der Waals surface area contributed by atoms with Crippen LogP contribution in [0.4, 0.5) is 5.69 Å². The van der Waals surface area contributed by atoms with Crippen LogP contribution in [0.25, 0.3) is 0 Å². The number of hydrogen-bond acceptors (Lipinski definition) is 4. The number of anilines is 1. The summed E-state index contributed by atoms with van der Waals surface area (Å²) in [6.07, 6.45) is 1.02. The molecule has 1 saturated heterocycles. The van der Waals surface area contributed by atoms with Gasteiger partial charge < -0.3 is 10.1 Å². The van der Waals surface area contributed by atoms with Crippen molar-refractivity contribution in [3.8, 4) is 11.5 Å². The predicted octanol–water partition coefficient (Wildman–Crippen LogP) is 4.97. The van der Waals surface area contributed by atoms with Crippen molar-refractivity contribution in [2.75, 3.05) is 18.4 Å². The first-order chi connectivity index (χ1) is 15.9. The third kappa shape index (κ3) is 6.21. The van der Waals surface area contributed by atoms with Gasteiger partial charge in [-0.05, 0) is 67.3 Å². The molecule has 0 aliphatic carbocycles. The van der Waals surface area contributed by atoms with Gasteiger partial charge in [0.2, 0.25) is 15.9 Å². The zero-order valence-corrected chi connectivity index (χ0v) is 19.4. The van der Waals surface area contributed by atoms with Crippen molar-refractivity contribution >= 4 is 21.6 Å². The van der Waals surface area contributed by atoms with Gasteiger partial charge in [-0.15, -0.1) is 0 Å². The number of nitrogens with one attached hydrogen (secondary N) is 1. The molecule has 1 fully saturated rings. The summed E-state index contributed by atoms with van der Waals surface area (Å²) in [5.74, 6) is 1.15. The molecular formula is C26H28N2O4S. The molecule has 0 aromatic heterocycles. The van der Waals surface area contributed by atoms with Crippen LogP contribution in [0, 0.1) is 12.8 Å². The summed E-state index contributed by atoms with van der Waals surface area (Å²) in [5.41, 5.74) is 2.58. The zero-order valence-electron chi connectivity index (χ0n) is 18.6. The summed E-state index contributed by atoms with van der Waals surface area (Å²) in [6, 6.07) is 24.2. The van der Waals surface area contributed by atoms with E-state index in [1.807, 2.05) is 85.8 Å². The number of rotatable bonds is 7. The molecular weight excluding hydrogens is 436 g/mol. The smallest absolute Gasteiger partial charge is 0.227 e. The number of carbonyl (C=O) groups is 1. The average Bonchev–Trinajstić information content (AvgIpc) is 2.81. The highest BCUT2D eigenvalue weighted by atomic mass is 32.2. The zero-order chi connectivity index (χ0) is 23.3. The number of aryl methyl sites for hydroxylation is 1. The molecule has 0 unspecified atom stereocenters. The topological polar surface area (TPSA) is 75.7 Å². The number of nitrogens with zero attached hydrogens (tertiary/aromatic N) is 1. The second-order valence-corrected chi connectivity index (χ2v) is 10.3. The Hall–Kier alpha value is -3.16. The van der Waals surface area contributed by atoms with E-state index < -0.39 is 10.0 Å². The van der Waals surface area contributed by atoms with Crippen LogP contribution in [-0.2, 0) is 20.6 Å². The minimum atomic E-state index is -3.39. The molecule has 1 amide bonds. The second kappa shape index (κ2) is 10.2. The lowest BCUT2D eigenvalue weighted by atomic mass is 9.97. The largest absolute Gasteiger partial charge is 0.457 e. The summed E-state index contributed by atoms with van der Waals surface area (Å²) in [6.45, 7) is 2.72. The number of hydrogen-bond donors (Lipinski definition) is 1. The normalized spacial score (nSPS) is 15.2. The molecule has 7 heteroatoms. The molecule has 1 N–H and O–H groups in total. The Morgan fingerprint density at radius 1 is 0.939 bits per heavy atom. The summed E-state index contributed by atoms with van der Waals surface area (Å²) < 4.78 is 32.8. The Morgan fingerprint density at radius 2 is 1.64 bits per heavy atom. The van der Waals surface area contributed by atoms with Crippen LogP contribution in [0.3, 0.4) is 0 Å². The van der Waals surface area contributed by atoms with Gasteiger partial charge in [0.15, 0.2) is 0 Å². The lowest BCUT2D eigenvalue weighted by molar-refractivity contribution is -0.120. The van der Waals surface area contributed by atoms with Gasteiger partial charge in [0.05, 0.1) is 5.75 Å². The average molecular weight is 465 g/mol. The van der Waals surface area contributed by atoms with Crippen molar-refractivity contribution < 1.29 is 17.9 Å². The highest BCUT2D eigenvalue weighted by Gasteiger charge is 2.31. The third-order valence-corrected chi connectivity index (χ3v) is 7.61. The lowest BCUT2D eigenvalue weighted by Crippen LogP contribution is -2.41. The standard InChI is InChI=1S/C26H28N2O4S/c1-20-6-5-9-25(18-20)32-24-12-10-23(11-13-24)27-26(29)22-14-16-28(17-15-22)33(30,31)19-21-7-3-2-4-8-21/h2-13,18,22H,14-17,19H2,1H3,(H,27,29). The molecule has 0 atom stereocenters. The van der Waals surface area contributed by atoms with E-state index in [1.165, 1.54) is 4.31 Å². The van der Waals surface area contributed by atoms with E-state index in [4.69, 9.17) is 4.74 Å². The van der Waals surface area contributed by atoms with E-state index in [-0.39, 0.29) is 17.6 Å². The van der Waals surface area contributed by atoms with E-state index in [1.54, 1.807) is 0 Å². The quantitative estimate of drug-likeness (QED) is 0.536. The molecule has 1 aliphatic heterocycles. The van der Waals surface area contributed by atoms with Gasteiger partial charge >= 0.3 is 0 Å². The van der Waals surface area contributed by atoms with E-state index >= 15 is 0 Å². The Labute approximate surface area is 195 Å². The fraction of sp³-hybridized carbons (Fsp3) is 0.269. The monoisotopic (exact) mass is 464 g/mol. The molecule has 4 rings (SSSR count). The summed E-state index contributed by atoms with van der Waals surface area (Å²) >= 11 is 0. The molecule has 33 heavy (non-hydrogen) atoms. The minimum absolute atomic E-state index is 0.0122. The minimum Gasteiger partial charge on any atom is -0.457 e. The summed E-state index contributed by atoms with van der Waals surface area (Å²) in [5, 5.41) is 2.94. The summed E-state index contributed by atoms with van der Waals surface area (Å²) in [7, 11) is -3.39. The third-order valence-electron chi connectivity index (χ3n) is 5.76. The van der Waals surface area contributed by atoms with Crippen LogP contribution in [0.2, 0.25) is 0 Å². The van der Waals surface area contributed by atoms with E-state index in [0.717, 1.165) is 16.9 Å². The Morgan fingerprint density at radius 3 is 2.30 bits per heavy atom. The van der Waals surface area contributed by atoms with Crippen LogP contribution in [0.15, 0.2) is 78.9 Å². The van der Waals surface area contributed by atoms with Crippen LogP contribution in [0.5, 0.6) is 11.5 Å². The molecule has 1 heterocycles. The molecule has 172 valence electrons. The molecule has 3 aromatic rings. The van der Waals surface area contributed by atoms with Crippen LogP contribution in [-0.4, -0.2) is 31.7 Å². The highest BCUT2D eigenvalue weighted by molar-refractivity contribution is 7.88. The van der Waals surface area contributed by atoms with Gasteiger partial charge in [-0.25, -0.2) is 12.7 Å². The van der Waals surface area contributed by atoms with E-state index in [9.17, 15) is 13.2 Å². The van der Waals surface area contributed by atoms with Crippen molar-refractivity contribution in [1.29, 1.82) is 0 Å². The predicted molar refractivity (Wildman–Crippen MR) is 130 cm³/mol. The summed E-state index contributed by atoms with van der Waals surface area (Å²) in [4.78, 5) is 12.7. The van der Waals surface area contributed by atoms with Crippen LogP contribution >= 0.6 is 0 Å². The maximum atomic E-state index is 12.7. The van der Waals surface area contributed by atoms with Gasteiger partial charge in [-0.2, -0.15) is 0 Å². The van der Waals surface area contributed by atoms with E-state index in [0.29, 0.717) is 37.4 Å². The second-order valence-electron chi connectivity index (χ2n) is 8.35. The molecule has 0 saturated carbocycles. The van der Waals surface area contributed by atoms with Crippen LogP contribution < -0.4 is 10.1 Å². The van der Waals surface area contributed by atoms with Crippen molar-refractivity contribution in [2.45, 2.75) is 25.5 Å². The van der Waals surface area contributed by atoms with Gasteiger partial charge in [0.25, 0.3) is 0 Å². The first kappa shape index (κ1) is 23.0. The van der Waals surface area contributed by atoms with Gasteiger partial charge in [-0.3, -0.25) is 4.79 Å². The van der Waals surface area contributed by atoms with Gasteiger partial charge in [-0.1, -0.05) is 42.5 Å². The Balaban J connectivity index is 1.28. The molecule has 3 aromatic carbocycles. The number of piperidine rings is 1. The van der Waals surface area contributed by atoms with Crippen molar-refractivity contribution in [3.63, 3.8) is 0 Å². The number of sulfonamides is 1. The fourth-order valence-electron chi connectivity index (χ4n) is 3.94. The van der Waals surface area contributed by atoms with Crippen LogP contribution in [0.1, 0.15) is 24.0 Å². The fourth-order valence-corrected chi connectivity index (χ4v) is 5.50. The van der Waals surface area contributed by atoms with Crippen molar-refractivity contribution in [3.05, 3.63) is 90.0 Å². The Kier molecular flexibility index (Phi) is 7.11. The lowest BCUT2D eigenvalue weighted by Gasteiger charge is -2.30. The number of benzene rings is 3. The van der Waals surface area contributed by atoms with Crippen molar-refractivity contribution in [2.24, 2.45) is 5.92 Å². The number of amides is 1. The van der Waals surface area contributed by atoms with E-state index in [2.05, 4.69) is 5.32 Å². The van der Waals surface area contributed by atoms with Crippen molar-refractivity contribution in [1.82, 2.24) is 4.31 Å². The first-order valence-corrected chi connectivity index (χ1v) is 12.7. The number of carbonyl (C=O) groups excluding carboxylic acids is 1. The molecule has 0 bridgehead atoms. The molecule has 1 aliphatic rings. The maximum Gasteiger partial charge on any atom is 0.227 e. The first-order valence-electron chi connectivity index (χ1n) is 11.1.